The van der Waals surface area contributed by atoms with E-state index in [9.17, 15) is 0 Å². The lowest BCUT2D eigenvalue weighted by atomic mass is 10.1. The van der Waals surface area contributed by atoms with Gasteiger partial charge < -0.3 is 14.8 Å². The van der Waals surface area contributed by atoms with Crippen molar-refractivity contribution in [1.82, 2.24) is 10.2 Å². The molecule has 1 aromatic rings. The third kappa shape index (κ3) is 3.04. The molecule has 5 heteroatoms. The van der Waals surface area contributed by atoms with E-state index in [1.807, 2.05) is 6.07 Å². The third-order valence-electron chi connectivity index (χ3n) is 3.54. The van der Waals surface area contributed by atoms with Crippen LogP contribution in [0, 0.1) is 0 Å². The maximum Gasteiger partial charge on any atom is 0.175 e. The van der Waals surface area contributed by atoms with Gasteiger partial charge in [0.1, 0.15) is 0 Å². The highest BCUT2D eigenvalue weighted by atomic mass is 79.9. The Labute approximate surface area is 122 Å². The SMILES string of the molecule is Brc1c(CN2CCNCC2)ccc2c1OCCCO2. The number of hydrogen-bond donors (Lipinski definition) is 1. The molecule has 0 saturated carbocycles. The largest absolute Gasteiger partial charge is 0.490 e. The van der Waals surface area contributed by atoms with Crippen molar-refractivity contribution in [3.63, 3.8) is 0 Å². The van der Waals surface area contributed by atoms with Gasteiger partial charge in [-0.05, 0) is 27.6 Å². The topological polar surface area (TPSA) is 33.7 Å². The molecule has 0 radical (unpaired) electrons. The summed E-state index contributed by atoms with van der Waals surface area (Å²) in [6, 6.07) is 4.17. The normalized spacial score (nSPS) is 20.1. The smallest absolute Gasteiger partial charge is 0.175 e. The van der Waals surface area contributed by atoms with Crippen molar-refractivity contribution in [3.8, 4) is 11.5 Å². The molecule has 2 heterocycles. The first-order chi connectivity index (χ1) is 9.34. The minimum atomic E-state index is 0.725. The predicted octanol–water partition coefficient (Wildman–Crippen LogP) is 2.02. The van der Waals surface area contributed by atoms with E-state index in [1.54, 1.807) is 0 Å². The second kappa shape index (κ2) is 6.11. The van der Waals surface area contributed by atoms with Crippen molar-refractivity contribution in [2.24, 2.45) is 0 Å². The van der Waals surface area contributed by atoms with Crippen LogP contribution < -0.4 is 14.8 Å². The van der Waals surface area contributed by atoms with Gasteiger partial charge in [0.05, 0.1) is 17.7 Å². The fourth-order valence-corrected chi connectivity index (χ4v) is 3.04. The van der Waals surface area contributed by atoms with Crippen LogP contribution in [0.3, 0.4) is 0 Å². The van der Waals surface area contributed by atoms with Crippen molar-refractivity contribution in [2.45, 2.75) is 13.0 Å². The van der Waals surface area contributed by atoms with E-state index in [0.717, 1.165) is 68.3 Å². The van der Waals surface area contributed by atoms with Gasteiger partial charge in [0, 0.05) is 39.1 Å². The molecular formula is C14H19BrN2O2. The summed E-state index contributed by atoms with van der Waals surface area (Å²) in [6.07, 6.45) is 0.939. The molecule has 2 aliphatic heterocycles. The fraction of sp³-hybridized carbons (Fsp3) is 0.571. The summed E-state index contributed by atoms with van der Waals surface area (Å²) in [6.45, 7) is 6.75. The van der Waals surface area contributed by atoms with Crippen molar-refractivity contribution in [3.05, 3.63) is 22.2 Å². The van der Waals surface area contributed by atoms with Crippen molar-refractivity contribution in [2.75, 3.05) is 39.4 Å². The predicted molar refractivity (Wildman–Crippen MR) is 77.9 cm³/mol. The summed E-state index contributed by atoms with van der Waals surface area (Å²) in [5.74, 6) is 1.72. The number of rotatable bonds is 2. The van der Waals surface area contributed by atoms with Crippen molar-refractivity contribution >= 4 is 15.9 Å². The molecule has 0 atom stereocenters. The average molecular weight is 327 g/mol. The number of halogens is 1. The summed E-state index contributed by atoms with van der Waals surface area (Å²) in [5, 5.41) is 3.38. The van der Waals surface area contributed by atoms with E-state index >= 15 is 0 Å². The van der Waals surface area contributed by atoms with E-state index in [4.69, 9.17) is 9.47 Å². The van der Waals surface area contributed by atoms with Gasteiger partial charge in [-0.2, -0.15) is 0 Å². The standard InChI is InChI=1S/C14H19BrN2O2/c15-13-11(10-17-6-4-16-5-7-17)2-3-12-14(13)19-9-1-8-18-12/h2-3,16H,1,4-10H2. The van der Waals surface area contributed by atoms with E-state index < -0.39 is 0 Å². The Balaban J connectivity index is 1.80. The molecular weight excluding hydrogens is 308 g/mol. The Morgan fingerprint density at radius 1 is 1.16 bits per heavy atom. The molecule has 2 aliphatic rings. The summed E-state index contributed by atoms with van der Waals surface area (Å²) in [7, 11) is 0. The van der Waals surface area contributed by atoms with Gasteiger partial charge in [-0.25, -0.2) is 0 Å². The van der Waals surface area contributed by atoms with E-state index in [0.29, 0.717) is 0 Å². The summed E-state index contributed by atoms with van der Waals surface area (Å²) < 4.78 is 12.5. The van der Waals surface area contributed by atoms with E-state index in [-0.39, 0.29) is 0 Å². The lowest BCUT2D eigenvalue weighted by molar-refractivity contribution is 0.232. The zero-order valence-corrected chi connectivity index (χ0v) is 12.5. The number of nitrogens with one attached hydrogen (secondary N) is 1. The van der Waals surface area contributed by atoms with Gasteiger partial charge >= 0.3 is 0 Å². The average Bonchev–Trinajstić information content (AvgIpc) is 2.69. The number of nitrogens with zero attached hydrogens (tertiary/aromatic N) is 1. The first kappa shape index (κ1) is 13.2. The van der Waals surface area contributed by atoms with Crippen molar-refractivity contribution < 1.29 is 9.47 Å². The molecule has 1 fully saturated rings. The van der Waals surface area contributed by atoms with E-state index in [2.05, 4.69) is 32.2 Å². The summed E-state index contributed by atoms with van der Waals surface area (Å²) >= 11 is 3.68. The number of piperazine rings is 1. The van der Waals surface area contributed by atoms with E-state index in [1.165, 1.54) is 5.56 Å². The molecule has 0 amide bonds. The molecule has 0 unspecified atom stereocenters. The molecule has 0 aliphatic carbocycles. The number of benzene rings is 1. The van der Waals surface area contributed by atoms with Crippen molar-refractivity contribution in [1.29, 1.82) is 0 Å². The van der Waals surface area contributed by atoms with Gasteiger partial charge in [0.25, 0.3) is 0 Å². The fourth-order valence-electron chi connectivity index (χ4n) is 2.47. The second-order valence-electron chi connectivity index (χ2n) is 4.94. The molecule has 104 valence electrons. The summed E-state index contributed by atoms with van der Waals surface area (Å²) in [5.41, 5.74) is 1.27. The molecule has 19 heavy (non-hydrogen) atoms. The lowest BCUT2D eigenvalue weighted by Crippen LogP contribution is -2.42. The maximum absolute atomic E-state index is 5.81. The minimum Gasteiger partial charge on any atom is -0.490 e. The molecule has 0 spiro atoms. The highest BCUT2D eigenvalue weighted by molar-refractivity contribution is 9.10. The molecule has 4 nitrogen and oxygen atoms in total. The molecule has 3 rings (SSSR count). The zero-order chi connectivity index (χ0) is 13.1. The van der Waals surface area contributed by atoms with Crippen LogP contribution in [0.5, 0.6) is 11.5 Å². The van der Waals surface area contributed by atoms with Crippen LogP contribution in [0.25, 0.3) is 0 Å². The van der Waals surface area contributed by atoms with Crippen LogP contribution >= 0.6 is 15.9 Å². The third-order valence-corrected chi connectivity index (χ3v) is 4.41. The molecule has 0 aromatic heterocycles. The first-order valence-corrected chi connectivity index (χ1v) is 7.64. The second-order valence-corrected chi connectivity index (χ2v) is 5.74. The number of hydrogen-bond acceptors (Lipinski definition) is 4. The molecule has 1 N–H and O–H groups in total. The summed E-state index contributed by atoms with van der Waals surface area (Å²) in [4.78, 5) is 2.46. The van der Waals surface area contributed by atoms with Crippen LogP contribution in [-0.4, -0.2) is 44.3 Å². The number of ether oxygens (including phenoxy) is 2. The Hall–Kier alpha value is -0.780. The van der Waals surface area contributed by atoms with Crippen LogP contribution in [0.2, 0.25) is 0 Å². The molecule has 1 saturated heterocycles. The van der Waals surface area contributed by atoms with Gasteiger partial charge in [0.2, 0.25) is 0 Å². The molecule has 1 aromatic carbocycles. The van der Waals surface area contributed by atoms with Gasteiger partial charge in [-0.3, -0.25) is 4.90 Å². The van der Waals surface area contributed by atoms with Gasteiger partial charge in [-0.1, -0.05) is 6.07 Å². The molecule has 0 bridgehead atoms. The van der Waals surface area contributed by atoms with Crippen LogP contribution in [-0.2, 0) is 6.54 Å². The Kier molecular flexibility index (Phi) is 4.25. The quantitative estimate of drug-likeness (QED) is 0.901. The minimum absolute atomic E-state index is 0.725. The van der Waals surface area contributed by atoms with Gasteiger partial charge in [0.15, 0.2) is 11.5 Å². The Morgan fingerprint density at radius 2 is 1.95 bits per heavy atom. The zero-order valence-electron chi connectivity index (χ0n) is 11.0. The first-order valence-electron chi connectivity index (χ1n) is 6.84. The van der Waals surface area contributed by atoms with Crippen LogP contribution in [0.1, 0.15) is 12.0 Å². The Morgan fingerprint density at radius 3 is 2.79 bits per heavy atom. The van der Waals surface area contributed by atoms with Crippen LogP contribution in [0.4, 0.5) is 0 Å². The number of fused-ring (bicyclic) bond motifs is 1. The highest BCUT2D eigenvalue weighted by Gasteiger charge is 2.18. The highest BCUT2D eigenvalue weighted by Crippen LogP contribution is 2.39. The monoisotopic (exact) mass is 326 g/mol. The van der Waals surface area contributed by atoms with Crippen LogP contribution in [0.15, 0.2) is 16.6 Å². The maximum atomic E-state index is 5.81. The Bertz CT molecular complexity index is 447. The van der Waals surface area contributed by atoms with Gasteiger partial charge in [-0.15, -0.1) is 0 Å². The lowest BCUT2D eigenvalue weighted by Gasteiger charge is -2.27.